The number of nitrogens with one attached hydrogen (secondary N) is 1. The van der Waals surface area contributed by atoms with E-state index >= 15 is 0 Å². The van der Waals surface area contributed by atoms with E-state index in [1.54, 1.807) is 6.08 Å². The SMILES string of the molecule is CNc1cc(C)nc(C2CCN(C(=O)/C=C/CN(C)C)CC2)n1. The lowest BCUT2D eigenvalue weighted by molar-refractivity contribution is -0.127. The predicted molar refractivity (Wildman–Crippen MR) is 92.6 cm³/mol. The lowest BCUT2D eigenvalue weighted by atomic mass is 9.95. The van der Waals surface area contributed by atoms with Crippen molar-refractivity contribution in [2.75, 3.05) is 46.1 Å². The molecular formula is C17H27N5O. The lowest BCUT2D eigenvalue weighted by Gasteiger charge is -2.30. The summed E-state index contributed by atoms with van der Waals surface area (Å²) in [5, 5.41) is 3.08. The third-order valence-corrected chi connectivity index (χ3v) is 4.03. The second kappa shape index (κ2) is 8.06. The molecule has 2 rings (SSSR count). The van der Waals surface area contributed by atoms with E-state index in [0.717, 1.165) is 49.8 Å². The largest absolute Gasteiger partial charge is 0.373 e. The van der Waals surface area contributed by atoms with Crippen LogP contribution in [0.3, 0.4) is 0 Å². The normalized spacial score (nSPS) is 16.3. The molecule has 0 unspecified atom stereocenters. The van der Waals surface area contributed by atoms with E-state index in [1.165, 1.54) is 0 Å². The molecule has 1 aliphatic heterocycles. The Morgan fingerprint density at radius 3 is 2.70 bits per heavy atom. The minimum Gasteiger partial charge on any atom is -0.373 e. The van der Waals surface area contributed by atoms with Crippen molar-refractivity contribution in [2.45, 2.75) is 25.7 Å². The van der Waals surface area contributed by atoms with E-state index < -0.39 is 0 Å². The van der Waals surface area contributed by atoms with E-state index in [0.29, 0.717) is 5.92 Å². The number of rotatable bonds is 5. The number of likely N-dealkylation sites (N-methyl/N-ethyl adjacent to an activating group) is 1. The van der Waals surface area contributed by atoms with Crippen molar-refractivity contribution >= 4 is 11.7 Å². The average Bonchev–Trinajstić information content (AvgIpc) is 2.54. The molecule has 1 aromatic heterocycles. The molecule has 1 aromatic rings. The summed E-state index contributed by atoms with van der Waals surface area (Å²) in [4.78, 5) is 25.2. The summed E-state index contributed by atoms with van der Waals surface area (Å²) in [5.74, 6) is 2.19. The predicted octanol–water partition coefficient (Wildman–Crippen LogP) is 1.65. The van der Waals surface area contributed by atoms with Crippen LogP contribution >= 0.6 is 0 Å². The molecule has 1 saturated heterocycles. The Bertz CT molecular complexity index is 562. The second-order valence-corrected chi connectivity index (χ2v) is 6.27. The molecule has 126 valence electrons. The van der Waals surface area contributed by atoms with Crippen LogP contribution in [0, 0.1) is 6.92 Å². The number of hydrogen-bond donors (Lipinski definition) is 1. The molecule has 0 bridgehead atoms. The molecule has 0 saturated carbocycles. The average molecular weight is 317 g/mol. The van der Waals surface area contributed by atoms with Crippen molar-refractivity contribution in [3.05, 3.63) is 29.7 Å². The molecule has 0 atom stereocenters. The van der Waals surface area contributed by atoms with E-state index in [4.69, 9.17) is 0 Å². The van der Waals surface area contributed by atoms with Gasteiger partial charge in [0.1, 0.15) is 11.6 Å². The highest BCUT2D eigenvalue weighted by Crippen LogP contribution is 2.26. The number of hydrogen-bond acceptors (Lipinski definition) is 5. The summed E-state index contributed by atoms with van der Waals surface area (Å²) >= 11 is 0. The first-order chi connectivity index (χ1) is 11.0. The Balaban J connectivity index is 1.92. The molecule has 1 aliphatic rings. The second-order valence-electron chi connectivity index (χ2n) is 6.27. The van der Waals surface area contributed by atoms with Crippen LogP contribution in [-0.4, -0.2) is 66.5 Å². The Hall–Kier alpha value is -1.95. The van der Waals surface area contributed by atoms with E-state index in [1.807, 2.05) is 50.0 Å². The van der Waals surface area contributed by atoms with Gasteiger partial charge in [-0.1, -0.05) is 6.08 Å². The van der Waals surface area contributed by atoms with Gasteiger partial charge in [0.2, 0.25) is 5.91 Å². The van der Waals surface area contributed by atoms with Crippen LogP contribution in [0.4, 0.5) is 5.82 Å². The van der Waals surface area contributed by atoms with Gasteiger partial charge in [-0.2, -0.15) is 0 Å². The minimum atomic E-state index is 0.103. The number of carbonyl (C=O) groups excluding carboxylic acids is 1. The summed E-state index contributed by atoms with van der Waals surface area (Å²) in [7, 11) is 5.84. The van der Waals surface area contributed by atoms with Crippen molar-refractivity contribution in [3.8, 4) is 0 Å². The number of piperidine rings is 1. The monoisotopic (exact) mass is 317 g/mol. The molecule has 1 N–H and O–H groups in total. The first-order valence-corrected chi connectivity index (χ1v) is 8.13. The lowest BCUT2D eigenvalue weighted by Crippen LogP contribution is -2.37. The number of aryl methyl sites for hydroxylation is 1. The summed E-state index contributed by atoms with van der Waals surface area (Å²) in [6.45, 7) is 4.30. The molecule has 0 spiro atoms. The van der Waals surface area contributed by atoms with Crippen LogP contribution in [0.15, 0.2) is 18.2 Å². The zero-order valence-corrected chi connectivity index (χ0v) is 14.5. The molecule has 6 nitrogen and oxygen atoms in total. The fraction of sp³-hybridized carbons (Fsp3) is 0.588. The molecule has 0 aromatic carbocycles. The quantitative estimate of drug-likeness (QED) is 0.837. The van der Waals surface area contributed by atoms with Crippen LogP contribution in [0.25, 0.3) is 0 Å². The molecule has 23 heavy (non-hydrogen) atoms. The highest BCUT2D eigenvalue weighted by Gasteiger charge is 2.24. The Kier molecular flexibility index (Phi) is 6.10. The van der Waals surface area contributed by atoms with Crippen molar-refractivity contribution in [3.63, 3.8) is 0 Å². The highest BCUT2D eigenvalue weighted by molar-refractivity contribution is 5.87. The Labute approximate surface area is 138 Å². The maximum Gasteiger partial charge on any atom is 0.246 e. The third-order valence-electron chi connectivity index (χ3n) is 4.03. The van der Waals surface area contributed by atoms with Gasteiger partial charge in [-0.25, -0.2) is 9.97 Å². The standard InChI is InChI=1S/C17H27N5O/c1-13-12-15(18-2)20-17(19-13)14-7-10-22(11-8-14)16(23)6-5-9-21(3)4/h5-6,12,14H,7-11H2,1-4H3,(H,18,19,20)/b6-5+. The van der Waals surface area contributed by atoms with Crippen LogP contribution in [0.1, 0.15) is 30.3 Å². The van der Waals surface area contributed by atoms with Crippen LogP contribution in [-0.2, 0) is 4.79 Å². The number of amides is 1. The van der Waals surface area contributed by atoms with Gasteiger partial charge in [0.05, 0.1) is 0 Å². The number of aromatic nitrogens is 2. The molecule has 6 heteroatoms. The van der Waals surface area contributed by atoms with Crippen LogP contribution < -0.4 is 5.32 Å². The van der Waals surface area contributed by atoms with Crippen molar-refractivity contribution < 1.29 is 4.79 Å². The first-order valence-electron chi connectivity index (χ1n) is 8.13. The van der Waals surface area contributed by atoms with Gasteiger partial charge in [0.25, 0.3) is 0 Å². The molecular weight excluding hydrogens is 290 g/mol. The van der Waals surface area contributed by atoms with Gasteiger partial charge < -0.3 is 15.1 Å². The summed E-state index contributed by atoms with van der Waals surface area (Å²) in [6.07, 6.45) is 5.43. The zero-order valence-electron chi connectivity index (χ0n) is 14.5. The summed E-state index contributed by atoms with van der Waals surface area (Å²) < 4.78 is 0. The number of anilines is 1. The smallest absolute Gasteiger partial charge is 0.246 e. The van der Waals surface area contributed by atoms with Gasteiger partial charge in [-0.3, -0.25) is 4.79 Å². The molecule has 1 amide bonds. The van der Waals surface area contributed by atoms with E-state index in [-0.39, 0.29) is 5.91 Å². The van der Waals surface area contributed by atoms with Gasteiger partial charge in [-0.05, 0) is 33.9 Å². The topological polar surface area (TPSA) is 61.4 Å². The van der Waals surface area contributed by atoms with Gasteiger partial charge in [-0.15, -0.1) is 0 Å². The van der Waals surface area contributed by atoms with Gasteiger partial charge in [0.15, 0.2) is 0 Å². The van der Waals surface area contributed by atoms with Crippen LogP contribution in [0.2, 0.25) is 0 Å². The van der Waals surface area contributed by atoms with Crippen molar-refractivity contribution in [2.24, 2.45) is 0 Å². The third kappa shape index (κ3) is 5.03. The maximum absolute atomic E-state index is 12.2. The van der Waals surface area contributed by atoms with E-state index in [2.05, 4.69) is 15.3 Å². The fourth-order valence-corrected chi connectivity index (χ4v) is 2.73. The minimum absolute atomic E-state index is 0.103. The highest BCUT2D eigenvalue weighted by atomic mass is 16.2. The van der Waals surface area contributed by atoms with Gasteiger partial charge >= 0.3 is 0 Å². The summed E-state index contributed by atoms with van der Waals surface area (Å²) in [6, 6.07) is 1.94. The van der Waals surface area contributed by atoms with Gasteiger partial charge in [0, 0.05) is 50.4 Å². The number of carbonyl (C=O) groups is 1. The fourth-order valence-electron chi connectivity index (χ4n) is 2.73. The molecule has 0 radical (unpaired) electrons. The van der Waals surface area contributed by atoms with E-state index in [9.17, 15) is 4.79 Å². The zero-order chi connectivity index (χ0) is 16.8. The van der Waals surface area contributed by atoms with Crippen LogP contribution in [0.5, 0.6) is 0 Å². The molecule has 2 heterocycles. The Morgan fingerprint density at radius 2 is 2.09 bits per heavy atom. The number of likely N-dealkylation sites (tertiary alicyclic amines) is 1. The number of nitrogens with zero attached hydrogens (tertiary/aromatic N) is 4. The van der Waals surface area contributed by atoms with Crippen molar-refractivity contribution in [1.82, 2.24) is 19.8 Å². The Morgan fingerprint density at radius 1 is 1.39 bits per heavy atom. The summed E-state index contributed by atoms with van der Waals surface area (Å²) in [5.41, 5.74) is 0.976. The molecule has 1 fully saturated rings. The first kappa shape index (κ1) is 17.4. The van der Waals surface area contributed by atoms with Crippen molar-refractivity contribution in [1.29, 1.82) is 0 Å². The maximum atomic E-state index is 12.2. The molecule has 0 aliphatic carbocycles.